The fourth-order valence-corrected chi connectivity index (χ4v) is 1.77. The van der Waals surface area contributed by atoms with E-state index in [2.05, 4.69) is 51.5 Å². The summed E-state index contributed by atoms with van der Waals surface area (Å²) in [6.45, 7) is 7.23. The van der Waals surface area contributed by atoms with Gasteiger partial charge in [-0.25, -0.2) is 4.98 Å². The molecule has 1 aromatic rings. The molecule has 0 amide bonds. The molecule has 1 aromatic heterocycles. The molecule has 0 atom stereocenters. The molecular formula is C11H18BrN3. The van der Waals surface area contributed by atoms with E-state index in [1.54, 1.807) is 0 Å². The Morgan fingerprint density at radius 3 is 2.87 bits per heavy atom. The van der Waals surface area contributed by atoms with Gasteiger partial charge in [-0.05, 0) is 54.0 Å². The van der Waals surface area contributed by atoms with Crippen molar-refractivity contribution in [3.8, 4) is 0 Å². The summed E-state index contributed by atoms with van der Waals surface area (Å²) in [6.07, 6.45) is 2.94. The minimum atomic E-state index is 0.961. The van der Waals surface area contributed by atoms with Crippen LogP contribution in [0.15, 0.2) is 16.7 Å². The van der Waals surface area contributed by atoms with E-state index in [1.807, 2.05) is 6.20 Å². The lowest BCUT2D eigenvalue weighted by atomic mass is 10.3. The number of nitrogens with zero attached hydrogens (tertiary/aromatic N) is 1. The highest BCUT2D eigenvalue weighted by Gasteiger charge is 1.98. The number of hydrogen-bond acceptors (Lipinski definition) is 3. The number of pyridine rings is 1. The molecule has 3 nitrogen and oxygen atoms in total. The maximum absolute atomic E-state index is 4.32. The van der Waals surface area contributed by atoms with Gasteiger partial charge >= 0.3 is 0 Å². The summed E-state index contributed by atoms with van der Waals surface area (Å²) in [4.78, 5) is 4.32. The third-order valence-electron chi connectivity index (χ3n) is 2.12. The Kier molecular flexibility index (Phi) is 5.65. The van der Waals surface area contributed by atoms with Crippen LogP contribution in [0.4, 0.5) is 5.82 Å². The van der Waals surface area contributed by atoms with Crippen LogP contribution in [-0.2, 0) is 0 Å². The minimum absolute atomic E-state index is 0.961. The summed E-state index contributed by atoms with van der Waals surface area (Å²) >= 11 is 3.40. The van der Waals surface area contributed by atoms with E-state index in [4.69, 9.17) is 0 Å². The summed E-state index contributed by atoms with van der Waals surface area (Å²) in [5.74, 6) is 0.981. The van der Waals surface area contributed by atoms with Gasteiger partial charge in [-0.3, -0.25) is 0 Å². The summed E-state index contributed by atoms with van der Waals surface area (Å²) < 4.78 is 1.03. The third-order valence-corrected chi connectivity index (χ3v) is 2.55. The molecule has 84 valence electrons. The van der Waals surface area contributed by atoms with Crippen molar-refractivity contribution in [3.63, 3.8) is 0 Å². The Labute approximate surface area is 99.8 Å². The van der Waals surface area contributed by atoms with Crippen LogP contribution in [0.1, 0.15) is 18.9 Å². The fourth-order valence-electron chi connectivity index (χ4n) is 1.32. The Balaban J connectivity index is 2.31. The molecule has 0 aliphatic rings. The number of rotatable bonds is 6. The van der Waals surface area contributed by atoms with Crippen LogP contribution >= 0.6 is 15.9 Å². The third kappa shape index (κ3) is 4.62. The zero-order chi connectivity index (χ0) is 11.1. The van der Waals surface area contributed by atoms with Crippen LogP contribution in [-0.4, -0.2) is 24.6 Å². The van der Waals surface area contributed by atoms with Gasteiger partial charge in [0.25, 0.3) is 0 Å². The summed E-state index contributed by atoms with van der Waals surface area (Å²) in [5, 5.41) is 6.62. The molecule has 1 rings (SSSR count). The number of nitrogens with one attached hydrogen (secondary N) is 2. The van der Waals surface area contributed by atoms with Crippen LogP contribution in [0, 0.1) is 6.92 Å². The number of aromatic nitrogens is 1. The molecule has 0 aliphatic carbocycles. The van der Waals surface area contributed by atoms with E-state index < -0.39 is 0 Å². The monoisotopic (exact) mass is 271 g/mol. The highest BCUT2D eigenvalue weighted by atomic mass is 79.9. The number of aryl methyl sites for hydroxylation is 1. The highest BCUT2D eigenvalue weighted by Crippen LogP contribution is 2.16. The molecular weight excluding hydrogens is 254 g/mol. The average Bonchev–Trinajstić information content (AvgIpc) is 2.20. The van der Waals surface area contributed by atoms with Crippen molar-refractivity contribution in [1.82, 2.24) is 10.3 Å². The van der Waals surface area contributed by atoms with Crippen LogP contribution in [0.25, 0.3) is 0 Å². The zero-order valence-electron chi connectivity index (χ0n) is 9.31. The Morgan fingerprint density at radius 2 is 2.20 bits per heavy atom. The van der Waals surface area contributed by atoms with Gasteiger partial charge < -0.3 is 10.6 Å². The normalized spacial score (nSPS) is 10.3. The van der Waals surface area contributed by atoms with Gasteiger partial charge in [0.1, 0.15) is 5.82 Å². The highest BCUT2D eigenvalue weighted by molar-refractivity contribution is 9.10. The lowest BCUT2D eigenvalue weighted by Gasteiger charge is -2.08. The number of anilines is 1. The van der Waals surface area contributed by atoms with Crippen molar-refractivity contribution < 1.29 is 0 Å². The molecule has 0 fully saturated rings. The Hall–Kier alpha value is -0.610. The molecule has 0 saturated carbocycles. The molecule has 2 N–H and O–H groups in total. The number of halogens is 1. The van der Waals surface area contributed by atoms with Crippen LogP contribution < -0.4 is 10.6 Å². The van der Waals surface area contributed by atoms with E-state index in [-0.39, 0.29) is 0 Å². The summed E-state index contributed by atoms with van der Waals surface area (Å²) in [6, 6.07) is 2.07. The number of hydrogen-bond donors (Lipinski definition) is 2. The molecule has 0 radical (unpaired) electrons. The first-order valence-electron chi connectivity index (χ1n) is 5.30. The minimum Gasteiger partial charge on any atom is -0.370 e. The lowest BCUT2D eigenvalue weighted by molar-refractivity contribution is 0.688. The predicted octanol–water partition coefficient (Wildman–Crippen LogP) is 2.56. The molecule has 0 aliphatic heterocycles. The maximum atomic E-state index is 4.32. The summed E-state index contributed by atoms with van der Waals surface area (Å²) in [5.41, 5.74) is 1.17. The lowest BCUT2D eigenvalue weighted by Crippen LogP contribution is -2.17. The molecule has 0 aromatic carbocycles. The zero-order valence-corrected chi connectivity index (χ0v) is 10.9. The van der Waals surface area contributed by atoms with Crippen LogP contribution in [0.3, 0.4) is 0 Å². The maximum Gasteiger partial charge on any atom is 0.128 e. The average molecular weight is 272 g/mol. The van der Waals surface area contributed by atoms with Gasteiger partial charge in [0.2, 0.25) is 0 Å². The largest absolute Gasteiger partial charge is 0.370 e. The summed E-state index contributed by atoms with van der Waals surface area (Å²) in [7, 11) is 0. The van der Waals surface area contributed by atoms with E-state index in [1.165, 1.54) is 5.56 Å². The first-order chi connectivity index (χ1) is 7.24. The second-order valence-electron chi connectivity index (χ2n) is 3.45. The fraction of sp³-hybridized carbons (Fsp3) is 0.545. The van der Waals surface area contributed by atoms with Gasteiger partial charge in [0.15, 0.2) is 0 Å². The van der Waals surface area contributed by atoms with E-state index >= 15 is 0 Å². The molecule has 0 bridgehead atoms. The van der Waals surface area contributed by atoms with Crippen molar-refractivity contribution in [2.75, 3.05) is 25.0 Å². The van der Waals surface area contributed by atoms with Gasteiger partial charge in [-0.1, -0.05) is 6.92 Å². The van der Waals surface area contributed by atoms with Gasteiger partial charge in [0.05, 0.1) is 0 Å². The smallest absolute Gasteiger partial charge is 0.128 e. The molecule has 15 heavy (non-hydrogen) atoms. The second-order valence-corrected chi connectivity index (χ2v) is 4.37. The van der Waals surface area contributed by atoms with Crippen molar-refractivity contribution in [1.29, 1.82) is 0 Å². The Morgan fingerprint density at radius 1 is 1.40 bits per heavy atom. The predicted molar refractivity (Wildman–Crippen MR) is 68.3 cm³/mol. The quantitative estimate of drug-likeness (QED) is 0.781. The van der Waals surface area contributed by atoms with E-state index in [0.717, 1.165) is 36.3 Å². The Bertz CT molecular complexity index is 302. The van der Waals surface area contributed by atoms with Crippen molar-refractivity contribution in [2.45, 2.75) is 20.3 Å². The van der Waals surface area contributed by atoms with Crippen molar-refractivity contribution >= 4 is 21.7 Å². The van der Waals surface area contributed by atoms with Crippen LogP contribution in [0.5, 0.6) is 0 Å². The molecule has 0 unspecified atom stereocenters. The molecule has 4 heteroatoms. The molecule has 1 heterocycles. The standard InChI is InChI=1S/C11H18BrN3/c1-3-13-5-4-6-14-11-9(2)7-10(12)8-15-11/h7-8,13H,3-6H2,1-2H3,(H,14,15). The first-order valence-corrected chi connectivity index (χ1v) is 6.10. The van der Waals surface area contributed by atoms with Crippen LogP contribution in [0.2, 0.25) is 0 Å². The topological polar surface area (TPSA) is 37.0 Å². The van der Waals surface area contributed by atoms with Crippen molar-refractivity contribution in [2.24, 2.45) is 0 Å². The molecule has 0 saturated heterocycles. The SMILES string of the molecule is CCNCCCNc1ncc(Br)cc1C. The van der Waals surface area contributed by atoms with E-state index in [9.17, 15) is 0 Å². The van der Waals surface area contributed by atoms with Gasteiger partial charge in [0, 0.05) is 17.2 Å². The second kappa shape index (κ2) is 6.80. The van der Waals surface area contributed by atoms with Gasteiger partial charge in [-0.15, -0.1) is 0 Å². The molecule has 0 spiro atoms. The van der Waals surface area contributed by atoms with Crippen molar-refractivity contribution in [3.05, 3.63) is 22.3 Å². The van der Waals surface area contributed by atoms with Gasteiger partial charge in [-0.2, -0.15) is 0 Å². The van der Waals surface area contributed by atoms with E-state index in [0.29, 0.717) is 0 Å². The first kappa shape index (κ1) is 12.5.